The molecule has 9 nitrogen and oxygen atoms in total. The minimum absolute atomic E-state index is 0. The van der Waals surface area contributed by atoms with Crippen LogP contribution in [0.3, 0.4) is 0 Å². The standard InChI is InChI=1S/C20H38O7S.C8H16O2.Na.H/c1-5-9-11-16(7-3)14-26-19(21)13-18(28(23,24)25)20(22)27-15-17(8-4)12-10-6-2;1-2-3-4-5-6-7-8(9)10;;/h16-18H,5-15H2,1-4H3,(H,23,24,25);2-7H2,1H3,(H,9,10);;/q;;+1;-1. The number of carbonyl (C=O) groups is 3. The molecule has 0 bridgehead atoms. The van der Waals surface area contributed by atoms with Gasteiger partial charge in [0.2, 0.25) is 0 Å². The van der Waals surface area contributed by atoms with Gasteiger partial charge in [0.1, 0.15) is 0 Å². The Hall–Kier alpha value is -0.680. The molecule has 0 saturated carbocycles. The summed E-state index contributed by atoms with van der Waals surface area (Å²) in [4.78, 5) is 34.2. The predicted octanol–water partition coefficient (Wildman–Crippen LogP) is 3.70. The predicted molar refractivity (Wildman–Crippen MR) is 151 cm³/mol. The van der Waals surface area contributed by atoms with Gasteiger partial charge in [-0.1, -0.05) is 98.8 Å². The Morgan fingerprint density at radius 1 is 0.744 bits per heavy atom. The maximum Gasteiger partial charge on any atom is 1.00 e. The van der Waals surface area contributed by atoms with Crippen molar-refractivity contribution >= 4 is 28.0 Å². The van der Waals surface area contributed by atoms with Crippen LogP contribution in [-0.4, -0.2) is 54.4 Å². The van der Waals surface area contributed by atoms with Crippen LogP contribution in [-0.2, 0) is 34.0 Å². The van der Waals surface area contributed by atoms with E-state index in [0.29, 0.717) is 6.42 Å². The fourth-order valence-corrected chi connectivity index (χ4v) is 4.36. The molecular formula is C28H55NaO9S. The van der Waals surface area contributed by atoms with Crippen LogP contribution in [0.1, 0.15) is 132 Å². The van der Waals surface area contributed by atoms with Crippen LogP contribution in [0.4, 0.5) is 0 Å². The molecule has 0 aliphatic rings. The number of aliphatic carboxylic acids is 1. The van der Waals surface area contributed by atoms with E-state index >= 15 is 0 Å². The fraction of sp³-hybridized carbons (Fsp3) is 0.893. The van der Waals surface area contributed by atoms with Crippen molar-refractivity contribution in [2.45, 2.75) is 136 Å². The van der Waals surface area contributed by atoms with Crippen molar-refractivity contribution in [1.82, 2.24) is 0 Å². The molecule has 11 heteroatoms. The minimum Gasteiger partial charge on any atom is -1.00 e. The number of hydrogen-bond donors (Lipinski definition) is 2. The van der Waals surface area contributed by atoms with E-state index in [2.05, 4.69) is 20.8 Å². The first-order valence-corrected chi connectivity index (χ1v) is 16.0. The van der Waals surface area contributed by atoms with E-state index in [-0.39, 0.29) is 56.0 Å². The summed E-state index contributed by atoms with van der Waals surface area (Å²) in [5.41, 5.74) is 0. The summed E-state index contributed by atoms with van der Waals surface area (Å²) in [6, 6.07) is 0. The molecule has 0 aromatic rings. The SMILES string of the molecule is CCCCC(CC)COC(=O)CC(C(=O)OCC(CC)CCCC)S(=O)(=O)O.CCCCCCCC(=O)O.[H-].[Na+]. The zero-order valence-corrected chi connectivity index (χ0v) is 28.2. The number of esters is 2. The average Bonchev–Trinajstić information content (AvgIpc) is 2.86. The molecule has 3 unspecified atom stereocenters. The van der Waals surface area contributed by atoms with Gasteiger partial charge >= 0.3 is 47.5 Å². The third-order valence-corrected chi connectivity index (χ3v) is 7.57. The van der Waals surface area contributed by atoms with Gasteiger partial charge in [0, 0.05) is 6.42 Å². The third-order valence-electron chi connectivity index (χ3n) is 6.50. The molecule has 0 spiro atoms. The Bertz CT molecular complexity index is 735. The van der Waals surface area contributed by atoms with Crippen molar-refractivity contribution in [3.8, 4) is 0 Å². The molecule has 0 saturated heterocycles. The van der Waals surface area contributed by atoms with Crippen molar-refractivity contribution in [2.75, 3.05) is 13.2 Å². The van der Waals surface area contributed by atoms with Crippen LogP contribution in [0.25, 0.3) is 0 Å². The molecule has 2 N–H and O–H groups in total. The van der Waals surface area contributed by atoms with Gasteiger partial charge in [-0.05, 0) is 31.1 Å². The van der Waals surface area contributed by atoms with Crippen molar-refractivity contribution in [1.29, 1.82) is 0 Å². The molecule has 0 rings (SSSR count). The molecular weight excluding hydrogens is 535 g/mol. The van der Waals surface area contributed by atoms with Crippen LogP contribution in [0.15, 0.2) is 0 Å². The van der Waals surface area contributed by atoms with Crippen LogP contribution in [0.5, 0.6) is 0 Å². The monoisotopic (exact) mass is 590 g/mol. The van der Waals surface area contributed by atoms with Crippen molar-refractivity contribution < 1.29 is 72.9 Å². The number of carboxylic acid groups (broad SMARTS) is 1. The molecule has 39 heavy (non-hydrogen) atoms. The first kappa shape index (κ1) is 42.8. The topological polar surface area (TPSA) is 144 Å². The molecule has 228 valence electrons. The van der Waals surface area contributed by atoms with Gasteiger partial charge in [-0.2, -0.15) is 8.42 Å². The molecule has 0 aliphatic carbocycles. The second-order valence-electron chi connectivity index (χ2n) is 9.91. The number of ether oxygens (including phenoxy) is 2. The second-order valence-corrected chi connectivity index (χ2v) is 11.5. The molecule has 3 atom stereocenters. The van der Waals surface area contributed by atoms with Crippen molar-refractivity contribution in [2.24, 2.45) is 11.8 Å². The quantitative estimate of drug-likeness (QED) is 0.0834. The summed E-state index contributed by atoms with van der Waals surface area (Å²) in [5, 5.41) is 6.33. The molecule has 0 aromatic carbocycles. The normalized spacial score (nSPS) is 13.2. The minimum atomic E-state index is -4.76. The zero-order chi connectivity index (χ0) is 29.4. The molecule has 0 heterocycles. The number of unbranched alkanes of at least 4 members (excludes halogenated alkanes) is 6. The van der Waals surface area contributed by atoms with E-state index in [1.165, 1.54) is 19.3 Å². The van der Waals surface area contributed by atoms with E-state index < -0.39 is 39.7 Å². The molecule has 0 aliphatic heterocycles. The van der Waals surface area contributed by atoms with Gasteiger partial charge in [-0.15, -0.1) is 0 Å². The third kappa shape index (κ3) is 26.0. The summed E-state index contributed by atoms with van der Waals surface area (Å²) in [6.07, 6.45) is 12.6. The van der Waals surface area contributed by atoms with Crippen molar-refractivity contribution in [3.05, 3.63) is 0 Å². The molecule has 0 radical (unpaired) electrons. The molecule has 0 aromatic heterocycles. The van der Waals surface area contributed by atoms with E-state index in [1.807, 2.05) is 13.8 Å². The summed E-state index contributed by atoms with van der Waals surface area (Å²) in [5.74, 6) is -2.28. The zero-order valence-electron chi connectivity index (χ0n) is 26.4. The molecule has 0 fully saturated rings. The summed E-state index contributed by atoms with van der Waals surface area (Å²) < 4.78 is 42.8. The van der Waals surface area contributed by atoms with Gasteiger partial charge in [-0.25, -0.2) is 0 Å². The fourth-order valence-electron chi connectivity index (χ4n) is 3.70. The van der Waals surface area contributed by atoms with Crippen LogP contribution in [0.2, 0.25) is 0 Å². The van der Waals surface area contributed by atoms with Gasteiger partial charge in [0.05, 0.1) is 19.6 Å². The van der Waals surface area contributed by atoms with E-state index in [9.17, 15) is 27.4 Å². The van der Waals surface area contributed by atoms with Crippen LogP contribution < -0.4 is 29.6 Å². The number of carboxylic acids is 1. The van der Waals surface area contributed by atoms with Gasteiger partial charge in [-0.3, -0.25) is 18.9 Å². The average molecular weight is 591 g/mol. The van der Waals surface area contributed by atoms with E-state index in [4.69, 9.17) is 14.6 Å². The Labute approximate surface area is 261 Å². The Balaban J connectivity index is -0.000000459. The number of hydrogen-bond acceptors (Lipinski definition) is 7. The van der Waals surface area contributed by atoms with Crippen molar-refractivity contribution in [3.63, 3.8) is 0 Å². The summed E-state index contributed by atoms with van der Waals surface area (Å²) >= 11 is 0. The Morgan fingerprint density at radius 2 is 1.21 bits per heavy atom. The maximum absolute atomic E-state index is 12.2. The first-order chi connectivity index (χ1) is 18.0. The van der Waals surface area contributed by atoms with Crippen LogP contribution >= 0.6 is 0 Å². The Morgan fingerprint density at radius 3 is 1.62 bits per heavy atom. The summed E-state index contributed by atoms with van der Waals surface area (Å²) in [7, 11) is -4.76. The first-order valence-electron chi connectivity index (χ1n) is 14.5. The van der Waals surface area contributed by atoms with Crippen LogP contribution in [0, 0.1) is 11.8 Å². The Kier molecular flexibility index (Phi) is 30.2. The maximum atomic E-state index is 12.2. The number of carbonyl (C=O) groups excluding carboxylic acids is 2. The largest absolute Gasteiger partial charge is 1.00 e. The van der Waals surface area contributed by atoms with Gasteiger partial charge < -0.3 is 16.0 Å². The second kappa shape index (κ2) is 27.5. The molecule has 0 amide bonds. The van der Waals surface area contributed by atoms with E-state index in [1.54, 1.807) is 0 Å². The summed E-state index contributed by atoms with van der Waals surface area (Å²) in [6.45, 7) is 10.5. The number of rotatable bonds is 22. The van der Waals surface area contributed by atoms with Gasteiger partial charge in [0.25, 0.3) is 10.1 Å². The smallest absolute Gasteiger partial charge is 1.00 e. The van der Waals surface area contributed by atoms with Gasteiger partial charge in [0.15, 0.2) is 5.25 Å². The van der Waals surface area contributed by atoms with E-state index in [0.717, 1.165) is 64.2 Å².